The highest BCUT2D eigenvalue weighted by atomic mass is 32.2. The van der Waals surface area contributed by atoms with Crippen LogP contribution in [0.3, 0.4) is 0 Å². The van der Waals surface area contributed by atoms with E-state index in [0.29, 0.717) is 5.69 Å². The number of carboxylic acid groups (broad SMARTS) is 1. The molecule has 1 rings (SSSR count). The fourth-order valence-corrected chi connectivity index (χ4v) is 2.41. The summed E-state index contributed by atoms with van der Waals surface area (Å²) in [5.74, 6) is -1.18. The summed E-state index contributed by atoms with van der Waals surface area (Å²) in [5, 5.41) is 8.76. The standard InChI is InChI=1S/C11H15NO4S/c1-8-5-4-6-10(9(8)2)12(7-11(13)14)17(3,15)16/h4-6H,7H2,1-3H3,(H,13,14). The SMILES string of the molecule is Cc1cccc(N(CC(=O)O)S(C)(=O)=O)c1C. The van der Waals surface area contributed by atoms with Gasteiger partial charge in [-0.3, -0.25) is 9.10 Å². The highest BCUT2D eigenvalue weighted by molar-refractivity contribution is 7.92. The van der Waals surface area contributed by atoms with Gasteiger partial charge in [0.25, 0.3) is 0 Å². The van der Waals surface area contributed by atoms with Crippen molar-refractivity contribution in [2.24, 2.45) is 0 Å². The first-order chi connectivity index (χ1) is 7.73. The second-order valence-electron chi connectivity index (χ2n) is 3.88. The zero-order valence-corrected chi connectivity index (χ0v) is 10.8. The molecule has 0 amide bonds. The van der Waals surface area contributed by atoms with E-state index in [2.05, 4.69) is 0 Å². The van der Waals surface area contributed by atoms with Crippen molar-refractivity contribution in [3.05, 3.63) is 29.3 Å². The molecule has 0 aliphatic heterocycles. The molecule has 0 saturated carbocycles. The monoisotopic (exact) mass is 257 g/mol. The van der Waals surface area contributed by atoms with Gasteiger partial charge < -0.3 is 5.11 Å². The molecule has 0 saturated heterocycles. The molecule has 0 aliphatic rings. The molecule has 0 aliphatic carbocycles. The maximum atomic E-state index is 11.6. The second kappa shape index (κ2) is 4.75. The average Bonchev–Trinajstić information content (AvgIpc) is 2.17. The molecule has 17 heavy (non-hydrogen) atoms. The quantitative estimate of drug-likeness (QED) is 0.878. The molecule has 5 nitrogen and oxygen atoms in total. The largest absolute Gasteiger partial charge is 0.480 e. The second-order valence-corrected chi connectivity index (χ2v) is 5.79. The molecule has 1 aromatic carbocycles. The minimum Gasteiger partial charge on any atom is -0.480 e. The normalized spacial score (nSPS) is 11.2. The number of carboxylic acids is 1. The van der Waals surface area contributed by atoms with Gasteiger partial charge in [0.15, 0.2) is 0 Å². The summed E-state index contributed by atoms with van der Waals surface area (Å²) in [7, 11) is -3.60. The Morgan fingerprint density at radius 3 is 2.41 bits per heavy atom. The van der Waals surface area contributed by atoms with Crippen LogP contribution in [0.5, 0.6) is 0 Å². The summed E-state index contributed by atoms with van der Waals surface area (Å²) in [5.41, 5.74) is 2.09. The van der Waals surface area contributed by atoms with E-state index in [1.807, 2.05) is 13.0 Å². The van der Waals surface area contributed by atoms with Gasteiger partial charge >= 0.3 is 5.97 Å². The van der Waals surface area contributed by atoms with Crippen LogP contribution in [0.1, 0.15) is 11.1 Å². The molecule has 0 fully saturated rings. The first-order valence-electron chi connectivity index (χ1n) is 4.99. The summed E-state index contributed by atoms with van der Waals surface area (Å²) in [6, 6.07) is 5.16. The number of hydrogen-bond donors (Lipinski definition) is 1. The van der Waals surface area contributed by atoms with Crippen molar-refractivity contribution in [1.29, 1.82) is 0 Å². The van der Waals surface area contributed by atoms with E-state index in [1.165, 1.54) is 0 Å². The molecular formula is C11H15NO4S. The Morgan fingerprint density at radius 2 is 1.94 bits per heavy atom. The zero-order valence-electron chi connectivity index (χ0n) is 9.97. The molecule has 0 bridgehead atoms. The highest BCUT2D eigenvalue weighted by Gasteiger charge is 2.22. The lowest BCUT2D eigenvalue weighted by Gasteiger charge is -2.22. The van der Waals surface area contributed by atoms with E-state index < -0.39 is 22.5 Å². The van der Waals surface area contributed by atoms with Gasteiger partial charge in [0.1, 0.15) is 6.54 Å². The summed E-state index contributed by atoms with van der Waals surface area (Å²) >= 11 is 0. The van der Waals surface area contributed by atoms with Crippen LogP contribution in [0.2, 0.25) is 0 Å². The predicted octanol–water partition coefficient (Wildman–Crippen LogP) is 1.15. The molecule has 0 spiro atoms. The molecule has 0 unspecified atom stereocenters. The van der Waals surface area contributed by atoms with Gasteiger partial charge in [0.2, 0.25) is 10.0 Å². The van der Waals surface area contributed by atoms with Gasteiger partial charge in [-0.15, -0.1) is 0 Å². The van der Waals surface area contributed by atoms with Crippen LogP contribution in [0.15, 0.2) is 18.2 Å². The smallest absolute Gasteiger partial charge is 0.324 e. The van der Waals surface area contributed by atoms with Crippen LogP contribution in [0.25, 0.3) is 0 Å². The van der Waals surface area contributed by atoms with Gasteiger partial charge in [0.05, 0.1) is 11.9 Å². The summed E-state index contributed by atoms with van der Waals surface area (Å²) in [6.45, 7) is 3.05. The first-order valence-corrected chi connectivity index (χ1v) is 6.84. The van der Waals surface area contributed by atoms with Crippen LogP contribution in [0, 0.1) is 13.8 Å². The molecule has 0 aromatic heterocycles. The molecular weight excluding hydrogens is 242 g/mol. The number of nitrogens with zero attached hydrogens (tertiary/aromatic N) is 1. The third kappa shape index (κ3) is 3.20. The lowest BCUT2D eigenvalue weighted by Crippen LogP contribution is -2.35. The molecule has 1 aromatic rings. The Kier molecular flexibility index (Phi) is 3.77. The van der Waals surface area contributed by atoms with E-state index in [9.17, 15) is 13.2 Å². The molecule has 0 atom stereocenters. The summed E-state index contributed by atoms with van der Waals surface area (Å²) in [4.78, 5) is 10.7. The number of aryl methyl sites for hydroxylation is 1. The van der Waals surface area contributed by atoms with E-state index >= 15 is 0 Å². The first kappa shape index (κ1) is 13.5. The number of carbonyl (C=O) groups is 1. The van der Waals surface area contributed by atoms with Gasteiger partial charge in [-0.1, -0.05) is 12.1 Å². The fraction of sp³-hybridized carbons (Fsp3) is 0.364. The van der Waals surface area contributed by atoms with Crippen LogP contribution in [0.4, 0.5) is 5.69 Å². The summed E-state index contributed by atoms with van der Waals surface area (Å²) < 4.78 is 24.1. The Bertz CT molecular complexity index is 536. The van der Waals surface area contributed by atoms with Crippen molar-refractivity contribution >= 4 is 21.7 Å². The number of aliphatic carboxylic acids is 1. The number of anilines is 1. The molecule has 1 N–H and O–H groups in total. The van der Waals surface area contributed by atoms with Crippen LogP contribution in [-0.4, -0.2) is 32.3 Å². The van der Waals surface area contributed by atoms with Gasteiger partial charge in [-0.2, -0.15) is 0 Å². The number of benzene rings is 1. The lowest BCUT2D eigenvalue weighted by atomic mass is 10.1. The minimum atomic E-state index is -3.60. The maximum Gasteiger partial charge on any atom is 0.324 e. The molecule has 6 heteroatoms. The lowest BCUT2D eigenvalue weighted by molar-refractivity contribution is -0.135. The van der Waals surface area contributed by atoms with Gasteiger partial charge in [-0.25, -0.2) is 8.42 Å². The van der Waals surface area contributed by atoms with Crippen molar-refractivity contribution in [1.82, 2.24) is 0 Å². The van der Waals surface area contributed by atoms with E-state index in [0.717, 1.165) is 21.7 Å². The van der Waals surface area contributed by atoms with Gasteiger partial charge in [0, 0.05) is 0 Å². The average molecular weight is 257 g/mol. The fourth-order valence-electron chi connectivity index (χ4n) is 1.51. The van der Waals surface area contributed by atoms with Crippen LogP contribution < -0.4 is 4.31 Å². The van der Waals surface area contributed by atoms with Crippen molar-refractivity contribution < 1.29 is 18.3 Å². The number of sulfonamides is 1. The zero-order chi connectivity index (χ0) is 13.2. The van der Waals surface area contributed by atoms with E-state index in [1.54, 1.807) is 19.1 Å². The van der Waals surface area contributed by atoms with Crippen LogP contribution in [-0.2, 0) is 14.8 Å². The van der Waals surface area contributed by atoms with E-state index in [4.69, 9.17) is 5.11 Å². The Morgan fingerprint density at radius 1 is 1.35 bits per heavy atom. The van der Waals surface area contributed by atoms with Crippen molar-refractivity contribution in [2.45, 2.75) is 13.8 Å². The third-order valence-corrected chi connectivity index (χ3v) is 3.65. The van der Waals surface area contributed by atoms with Crippen molar-refractivity contribution in [3.8, 4) is 0 Å². The van der Waals surface area contributed by atoms with Crippen molar-refractivity contribution in [3.63, 3.8) is 0 Å². The van der Waals surface area contributed by atoms with E-state index in [-0.39, 0.29) is 0 Å². The molecule has 0 heterocycles. The highest BCUT2D eigenvalue weighted by Crippen LogP contribution is 2.24. The predicted molar refractivity (Wildman–Crippen MR) is 65.7 cm³/mol. The Labute approximate surface area is 101 Å². The van der Waals surface area contributed by atoms with Crippen molar-refractivity contribution in [2.75, 3.05) is 17.1 Å². The topological polar surface area (TPSA) is 74.7 Å². The summed E-state index contributed by atoms with van der Waals surface area (Å²) in [6.07, 6.45) is 0.998. The maximum absolute atomic E-state index is 11.6. The minimum absolute atomic E-state index is 0.412. The Balaban J connectivity index is 3.32. The number of rotatable bonds is 4. The van der Waals surface area contributed by atoms with Gasteiger partial charge in [-0.05, 0) is 31.0 Å². The molecule has 0 radical (unpaired) electrons. The number of hydrogen-bond acceptors (Lipinski definition) is 3. The third-order valence-electron chi connectivity index (χ3n) is 2.52. The van der Waals surface area contributed by atoms with Crippen LogP contribution >= 0.6 is 0 Å². The Hall–Kier alpha value is -1.56. The molecule has 94 valence electrons.